The molecule has 2 heteroatoms. The van der Waals surface area contributed by atoms with Gasteiger partial charge in [-0.05, 0) is 18.6 Å². The summed E-state index contributed by atoms with van der Waals surface area (Å²) in [4.78, 5) is 0. The van der Waals surface area contributed by atoms with Gasteiger partial charge in [0.25, 0.3) is 0 Å². The Morgan fingerprint density at radius 1 is 1.31 bits per heavy atom. The zero-order chi connectivity index (χ0) is 9.26. The third-order valence-corrected chi connectivity index (χ3v) is 2.33. The predicted molar refractivity (Wildman–Crippen MR) is 53.8 cm³/mol. The summed E-state index contributed by atoms with van der Waals surface area (Å²) >= 11 is 0. The molecule has 0 bridgehead atoms. The Bertz CT molecular complexity index is 417. The molecular weight excluding hydrogens is 162 g/mol. The highest BCUT2D eigenvalue weighted by atomic mass is 16.3. The summed E-state index contributed by atoms with van der Waals surface area (Å²) in [6.45, 7) is 2.96. The highest BCUT2D eigenvalue weighted by Crippen LogP contribution is 2.19. The maximum absolute atomic E-state index is 8.87. The number of benzene rings is 1. The van der Waals surface area contributed by atoms with E-state index in [0.29, 0.717) is 6.54 Å². The zero-order valence-corrected chi connectivity index (χ0v) is 7.70. The summed E-state index contributed by atoms with van der Waals surface area (Å²) in [6.07, 6.45) is 2.08. The molecule has 68 valence electrons. The third-order valence-electron chi connectivity index (χ3n) is 2.33. The van der Waals surface area contributed by atoms with Gasteiger partial charge in [0, 0.05) is 23.6 Å². The van der Waals surface area contributed by atoms with Crippen LogP contribution in [0, 0.1) is 6.92 Å². The average molecular weight is 175 g/mol. The van der Waals surface area contributed by atoms with Crippen LogP contribution in [0.2, 0.25) is 0 Å². The van der Waals surface area contributed by atoms with E-state index in [1.165, 1.54) is 16.5 Å². The van der Waals surface area contributed by atoms with E-state index in [9.17, 15) is 0 Å². The molecule has 0 fully saturated rings. The molecule has 2 rings (SSSR count). The Labute approximate surface area is 77.4 Å². The van der Waals surface area contributed by atoms with Crippen LogP contribution >= 0.6 is 0 Å². The van der Waals surface area contributed by atoms with Crippen molar-refractivity contribution in [2.45, 2.75) is 13.5 Å². The van der Waals surface area contributed by atoms with E-state index in [1.54, 1.807) is 0 Å². The lowest BCUT2D eigenvalue weighted by atomic mass is 10.2. The van der Waals surface area contributed by atoms with Crippen LogP contribution in [0.4, 0.5) is 0 Å². The molecule has 0 amide bonds. The lowest BCUT2D eigenvalue weighted by Gasteiger charge is -2.00. The van der Waals surface area contributed by atoms with Crippen LogP contribution in [0.15, 0.2) is 30.5 Å². The first-order valence-electron chi connectivity index (χ1n) is 4.48. The minimum atomic E-state index is 0.193. The van der Waals surface area contributed by atoms with Crippen LogP contribution in [-0.4, -0.2) is 16.3 Å². The van der Waals surface area contributed by atoms with E-state index in [0.717, 1.165) is 0 Å². The molecule has 1 N–H and O–H groups in total. The normalized spacial score (nSPS) is 10.9. The van der Waals surface area contributed by atoms with Gasteiger partial charge in [0.05, 0.1) is 6.61 Å². The molecule has 13 heavy (non-hydrogen) atoms. The maximum Gasteiger partial charge on any atom is 0.0610 e. The van der Waals surface area contributed by atoms with Crippen molar-refractivity contribution >= 4 is 10.9 Å². The van der Waals surface area contributed by atoms with Gasteiger partial charge in [-0.2, -0.15) is 0 Å². The van der Waals surface area contributed by atoms with E-state index in [1.807, 2.05) is 12.1 Å². The molecular formula is C11H13NO. The molecule has 1 heterocycles. The van der Waals surface area contributed by atoms with Gasteiger partial charge in [0.2, 0.25) is 0 Å². The average Bonchev–Trinajstić information content (AvgIpc) is 2.46. The lowest BCUT2D eigenvalue weighted by Crippen LogP contribution is -1.99. The number of aliphatic hydroxyl groups is 1. The number of aryl methyl sites for hydroxylation is 1. The first-order chi connectivity index (χ1) is 6.33. The molecule has 0 radical (unpaired) electrons. The van der Waals surface area contributed by atoms with Gasteiger partial charge in [-0.1, -0.05) is 18.2 Å². The van der Waals surface area contributed by atoms with Gasteiger partial charge >= 0.3 is 0 Å². The van der Waals surface area contributed by atoms with Crippen molar-refractivity contribution in [3.05, 3.63) is 36.0 Å². The number of nitrogens with zero attached hydrogens (tertiary/aromatic N) is 1. The topological polar surface area (TPSA) is 25.2 Å². The predicted octanol–water partition coefficient (Wildman–Crippen LogP) is 1.94. The van der Waals surface area contributed by atoms with Gasteiger partial charge in [-0.15, -0.1) is 0 Å². The summed E-state index contributed by atoms with van der Waals surface area (Å²) in [6, 6.07) is 8.25. The van der Waals surface area contributed by atoms with E-state index in [2.05, 4.69) is 29.8 Å². The van der Waals surface area contributed by atoms with Gasteiger partial charge in [-0.3, -0.25) is 0 Å². The Balaban J connectivity index is 2.63. The number of aliphatic hydroxyl groups excluding tert-OH is 1. The number of aromatic nitrogens is 1. The van der Waals surface area contributed by atoms with Gasteiger partial charge in [-0.25, -0.2) is 0 Å². The van der Waals surface area contributed by atoms with Crippen molar-refractivity contribution in [3.63, 3.8) is 0 Å². The fraction of sp³-hybridized carbons (Fsp3) is 0.273. The largest absolute Gasteiger partial charge is 0.395 e. The Hall–Kier alpha value is -1.28. The monoisotopic (exact) mass is 175 g/mol. The van der Waals surface area contributed by atoms with Crippen LogP contribution < -0.4 is 0 Å². The van der Waals surface area contributed by atoms with Crippen molar-refractivity contribution in [2.24, 2.45) is 0 Å². The van der Waals surface area contributed by atoms with E-state index < -0.39 is 0 Å². The van der Waals surface area contributed by atoms with E-state index >= 15 is 0 Å². The molecule has 0 unspecified atom stereocenters. The molecule has 0 aliphatic heterocycles. The second-order valence-corrected chi connectivity index (χ2v) is 3.25. The SMILES string of the molecule is Cc1cn(CCO)c2ccccc12. The highest BCUT2D eigenvalue weighted by molar-refractivity contribution is 5.83. The molecule has 0 saturated heterocycles. The quantitative estimate of drug-likeness (QED) is 0.741. The van der Waals surface area contributed by atoms with Gasteiger partial charge in [0.1, 0.15) is 0 Å². The number of hydrogen-bond donors (Lipinski definition) is 1. The Morgan fingerprint density at radius 3 is 2.85 bits per heavy atom. The van der Waals surface area contributed by atoms with Crippen molar-refractivity contribution in [2.75, 3.05) is 6.61 Å². The lowest BCUT2D eigenvalue weighted by molar-refractivity contribution is 0.278. The Morgan fingerprint density at radius 2 is 2.08 bits per heavy atom. The number of rotatable bonds is 2. The van der Waals surface area contributed by atoms with Crippen molar-refractivity contribution in [1.29, 1.82) is 0 Å². The molecule has 0 aliphatic carbocycles. The second-order valence-electron chi connectivity index (χ2n) is 3.25. The minimum Gasteiger partial charge on any atom is -0.395 e. The summed E-state index contributed by atoms with van der Waals surface area (Å²) in [5.41, 5.74) is 2.47. The molecule has 1 aromatic carbocycles. The smallest absolute Gasteiger partial charge is 0.0610 e. The van der Waals surface area contributed by atoms with Crippen molar-refractivity contribution < 1.29 is 5.11 Å². The minimum absolute atomic E-state index is 0.193. The summed E-state index contributed by atoms with van der Waals surface area (Å²) in [5.74, 6) is 0. The first-order valence-corrected chi connectivity index (χ1v) is 4.48. The first kappa shape index (κ1) is 8.32. The molecule has 0 aliphatic rings. The Kier molecular flexibility index (Phi) is 2.07. The number of hydrogen-bond acceptors (Lipinski definition) is 1. The van der Waals surface area contributed by atoms with E-state index in [-0.39, 0.29) is 6.61 Å². The number of para-hydroxylation sites is 1. The standard InChI is InChI=1S/C11H13NO/c1-9-8-12(6-7-13)11-5-3-2-4-10(9)11/h2-5,8,13H,6-7H2,1H3. The van der Waals surface area contributed by atoms with Crippen LogP contribution in [0.25, 0.3) is 10.9 Å². The van der Waals surface area contributed by atoms with E-state index in [4.69, 9.17) is 5.11 Å². The van der Waals surface area contributed by atoms with Crippen molar-refractivity contribution in [3.8, 4) is 0 Å². The molecule has 0 atom stereocenters. The van der Waals surface area contributed by atoms with Gasteiger partial charge < -0.3 is 9.67 Å². The summed E-state index contributed by atoms with van der Waals surface area (Å²) in [5, 5.41) is 10.1. The van der Waals surface area contributed by atoms with Crippen LogP contribution in [0.1, 0.15) is 5.56 Å². The highest BCUT2D eigenvalue weighted by Gasteiger charge is 2.02. The third kappa shape index (κ3) is 1.33. The molecule has 0 spiro atoms. The number of fused-ring (bicyclic) bond motifs is 1. The maximum atomic E-state index is 8.87. The fourth-order valence-electron chi connectivity index (χ4n) is 1.72. The van der Waals surface area contributed by atoms with Gasteiger partial charge in [0.15, 0.2) is 0 Å². The van der Waals surface area contributed by atoms with Crippen molar-refractivity contribution in [1.82, 2.24) is 4.57 Å². The molecule has 2 nitrogen and oxygen atoms in total. The zero-order valence-electron chi connectivity index (χ0n) is 7.70. The summed E-state index contributed by atoms with van der Waals surface area (Å²) < 4.78 is 2.09. The molecule has 0 saturated carbocycles. The fourth-order valence-corrected chi connectivity index (χ4v) is 1.72. The van der Waals surface area contributed by atoms with Crippen LogP contribution in [-0.2, 0) is 6.54 Å². The summed E-state index contributed by atoms with van der Waals surface area (Å²) in [7, 11) is 0. The second kappa shape index (κ2) is 3.23. The van der Waals surface area contributed by atoms with Crippen LogP contribution in [0.5, 0.6) is 0 Å². The van der Waals surface area contributed by atoms with Crippen LogP contribution in [0.3, 0.4) is 0 Å². The molecule has 1 aromatic heterocycles. The molecule has 2 aromatic rings.